The number of rotatable bonds is 3. The maximum absolute atomic E-state index is 12.7. The minimum absolute atomic E-state index is 0.0967. The molecular formula is C19H15N3O3. The Morgan fingerprint density at radius 2 is 1.56 bits per heavy atom. The molecule has 0 aliphatic heterocycles. The minimum atomic E-state index is -0.402. The zero-order chi connectivity index (χ0) is 17.4. The number of para-hydroxylation sites is 1. The number of nitrogens with one attached hydrogen (secondary N) is 1. The molecule has 2 aromatic heterocycles. The summed E-state index contributed by atoms with van der Waals surface area (Å²) in [7, 11) is 0. The van der Waals surface area contributed by atoms with Crippen LogP contribution in [0.15, 0.2) is 76.3 Å². The first-order valence-electron chi connectivity index (χ1n) is 7.82. The first-order valence-corrected chi connectivity index (χ1v) is 7.82. The lowest BCUT2D eigenvalue weighted by Gasteiger charge is -2.08. The van der Waals surface area contributed by atoms with Gasteiger partial charge in [-0.3, -0.25) is 19.3 Å². The molecule has 2 aromatic carbocycles. The number of benzene rings is 2. The predicted molar refractivity (Wildman–Crippen MR) is 95.4 cm³/mol. The average molecular weight is 333 g/mol. The SMILES string of the molecule is O=c1c2c(O)n(Cc3ccccc3)c(=O)cc2[nH]n1-c1ccccc1. The second-order valence-corrected chi connectivity index (χ2v) is 5.75. The standard InChI is InChI=1S/C19H15N3O3/c23-16-11-15-17(18(24)21(16)12-13-7-3-1-4-8-13)19(25)22(20-15)14-9-5-2-6-10-14/h1-11,20,24H,12H2. The van der Waals surface area contributed by atoms with E-state index in [1.807, 2.05) is 48.5 Å². The molecule has 0 amide bonds. The Labute approximate surface area is 142 Å². The summed E-state index contributed by atoms with van der Waals surface area (Å²) in [5, 5.41) is 13.5. The summed E-state index contributed by atoms with van der Waals surface area (Å²) in [6.07, 6.45) is 0. The van der Waals surface area contributed by atoms with Gasteiger partial charge in [0.2, 0.25) is 5.88 Å². The number of fused-ring (bicyclic) bond motifs is 1. The van der Waals surface area contributed by atoms with Gasteiger partial charge < -0.3 is 5.11 Å². The smallest absolute Gasteiger partial charge is 0.284 e. The van der Waals surface area contributed by atoms with Crippen molar-refractivity contribution in [3.63, 3.8) is 0 Å². The second-order valence-electron chi connectivity index (χ2n) is 5.75. The van der Waals surface area contributed by atoms with Crippen LogP contribution in [0, 0.1) is 0 Å². The van der Waals surface area contributed by atoms with Crippen molar-refractivity contribution in [2.24, 2.45) is 0 Å². The number of aromatic nitrogens is 3. The quantitative estimate of drug-likeness (QED) is 0.603. The van der Waals surface area contributed by atoms with Gasteiger partial charge in [0.15, 0.2) is 0 Å². The molecule has 0 saturated carbocycles. The summed E-state index contributed by atoms with van der Waals surface area (Å²) in [5.74, 6) is -0.331. The maximum Gasteiger partial charge on any atom is 0.284 e. The Kier molecular flexibility index (Phi) is 3.50. The van der Waals surface area contributed by atoms with E-state index in [9.17, 15) is 14.7 Å². The number of nitrogens with zero attached hydrogens (tertiary/aromatic N) is 2. The van der Waals surface area contributed by atoms with Crippen LogP contribution in [-0.4, -0.2) is 19.5 Å². The van der Waals surface area contributed by atoms with E-state index in [-0.39, 0.29) is 23.4 Å². The van der Waals surface area contributed by atoms with Crippen molar-refractivity contribution in [3.05, 3.63) is 93.0 Å². The molecule has 0 saturated heterocycles. The molecule has 0 aliphatic rings. The van der Waals surface area contributed by atoms with Crippen molar-refractivity contribution in [1.82, 2.24) is 14.3 Å². The van der Waals surface area contributed by atoms with E-state index in [1.165, 1.54) is 15.3 Å². The van der Waals surface area contributed by atoms with Crippen molar-refractivity contribution >= 4 is 10.9 Å². The van der Waals surface area contributed by atoms with E-state index in [1.54, 1.807) is 12.1 Å². The van der Waals surface area contributed by atoms with Crippen molar-refractivity contribution in [2.45, 2.75) is 6.54 Å². The van der Waals surface area contributed by atoms with Gasteiger partial charge >= 0.3 is 0 Å². The van der Waals surface area contributed by atoms with Gasteiger partial charge in [0.25, 0.3) is 11.1 Å². The Morgan fingerprint density at radius 3 is 2.24 bits per heavy atom. The summed E-state index contributed by atoms with van der Waals surface area (Å²) < 4.78 is 2.51. The summed E-state index contributed by atoms with van der Waals surface area (Å²) in [6, 6.07) is 19.6. The lowest BCUT2D eigenvalue weighted by Crippen LogP contribution is -2.21. The average Bonchev–Trinajstić information content (AvgIpc) is 2.96. The van der Waals surface area contributed by atoms with Gasteiger partial charge in [0.1, 0.15) is 5.39 Å². The van der Waals surface area contributed by atoms with Gasteiger partial charge in [0, 0.05) is 6.07 Å². The van der Waals surface area contributed by atoms with Crippen molar-refractivity contribution in [2.75, 3.05) is 0 Å². The van der Waals surface area contributed by atoms with Crippen molar-refractivity contribution < 1.29 is 5.11 Å². The molecule has 6 nitrogen and oxygen atoms in total. The van der Waals surface area contributed by atoms with Gasteiger partial charge in [-0.05, 0) is 17.7 Å². The number of H-pyrrole nitrogens is 1. The molecule has 4 rings (SSSR count). The van der Waals surface area contributed by atoms with E-state index in [2.05, 4.69) is 5.10 Å². The van der Waals surface area contributed by atoms with E-state index < -0.39 is 5.56 Å². The summed E-state index contributed by atoms with van der Waals surface area (Å²) in [4.78, 5) is 25.1. The molecule has 0 atom stereocenters. The largest absolute Gasteiger partial charge is 0.494 e. The third kappa shape index (κ3) is 2.53. The van der Waals surface area contributed by atoms with Crippen LogP contribution in [0.3, 0.4) is 0 Å². The van der Waals surface area contributed by atoms with Crippen LogP contribution >= 0.6 is 0 Å². The molecule has 0 fully saturated rings. The fourth-order valence-corrected chi connectivity index (χ4v) is 2.89. The molecule has 0 radical (unpaired) electrons. The fraction of sp³-hybridized carbons (Fsp3) is 0.0526. The highest BCUT2D eigenvalue weighted by Crippen LogP contribution is 2.20. The Bertz CT molecular complexity index is 1160. The monoisotopic (exact) mass is 333 g/mol. The number of hydrogen-bond acceptors (Lipinski definition) is 3. The van der Waals surface area contributed by atoms with Crippen LogP contribution in [0.5, 0.6) is 5.88 Å². The lowest BCUT2D eigenvalue weighted by molar-refractivity contribution is 0.422. The highest BCUT2D eigenvalue weighted by molar-refractivity contribution is 5.83. The summed E-state index contributed by atoms with van der Waals surface area (Å²) in [5.41, 5.74) is 1.01. The van der Waals surface area contributed by atoms with Crippen LogP contribution in [0.4, 0.5) is 0 Å². The third-order valence-electron chi connectivity index (χ3n) is 4.13. The Hall–Kier alpha value is -3.54. The molecule has 0 unspecified atom stereocenters. The Morgan fingerprint density at radius 1 is 0.920 bits per heavy atom. The predicted octanol–water partition coefficient (Wildman–Crippen LogP) is 2.23. The Balaban J connectivity index is 1.92. The summed E-state index contributed by atoms with van der Waals surface area (Å²) >= 11 is 0. The zero-order valence-electron chi connectivity index (χ0n) is 13.2. The third-order valence-corrected chi connectivity index (χ3v) is 4.13. The van der Waals surface area contributed by atoms with E-state index in [0.29, 0.717) is 11.2 Å². The second kappa shape index (κ2) is 5.83. The minimum Gasteiger partial charge on any atom is -0.494 e. The zero-order valence-corrected chi connectivity index (χ0v) is 13.2. The van der Waals surface area contributed by atoms with Crippen LogP contribution in [-0.2, 0) is 6.54 Å². The van der Waals surface area contributed by atoms with E-state index in [4.69, 9.17) is 0 Å². The molecule has 2 heterocycles. The van der Waals surface area contributed by atoms with Crippen LogP contribution < -0.4 is 11.1 Å². The molecular weight excluding hydrogens is 318 g/mol. The first kappa shape index (κ1) is 15.0. The fourth-order valence-electron chi connectivity index (χ4n) is 2.89. The first-order chi connectivity index (χ1) is 12.1. The van der Waals surface area contributed by atoms with Gasteiger partial charge in [-0.2, -0.15) is 0 Å². The van der Waals surface area contributed by atoms with Gasteiger partial charge in [-0.1, -0.05) is 48.5 Å². The molecule has 0 aliphatic carbocycles. The van der Waals surface area contributed by atoms with Crippen molar-refractivity contribution in [1.29, 1.82) is 0 Å². The van der Waals surface area contributed by atoms with Crippen LogP contribution in [0.1, 0.15) is 5.56 Å². The van der Waals surface area contributed by atoms with Crippen LogP contribution in [0.2, 0.25) is 0 Å². The topological polar surface area (TPSA) is 80.0 Å². The molecule has 25 heavy (non-hydrogen) atoms. The van der Waals surface area contributed by atoms with E-state index >= 15 is 0 Å². The maximum atomic E-state index is 12.7. The highest BCUT2D eigenvalue weighted by atomic mass is 16.3. The normalized spacial score (nSPS) is 11.0. The molecule has 124 valence electrons. The van der Waals surface area contributed by atoms with Crippen LogP contribution in [0.25, 0.3) is 16.6 Å². The molecule has 0 spiro atoms. The van der Waals surface area contributed by atoms with E-state index in [0.717, 1.165) is 5.56 Å². The van der Waals surface area contributed by atoms with Crippen molar-refractivity contribution in [3.8, 4) is 11.6 Å². The molecule has 4 aromatic rings. The van der Waals surface area contributed by atoms with Gasteiger partial charge in [-0.25, -0.2) is 4.68 Å². The molecule has 0 bridgehead atoms. The molecule has 2 N–H and O–H groups in total. The number of aromatic hydroxyl groups is 1. The molecule has 6 heteroatoms. The number of pyridine rings is 1. The number of hydrogen-bond donors (Lipinski definition) is 2. The summed E-state index contributed by atoms with van der Waals surface area (Å²) in [6.45, 7) is 0.192. The number of aromatic amines is 1. The van der Waals surface area contributed by atoms with Gasteiger partial charge in [0.05, 0.1) is 17.7 Å². The lowest BCUT2D eigenvalue weighted by atomic mass is 10.2. The van der Waals surface area contributed by atoms with Gasteiger partial charge in [-0.15, -0.1) is 0 Å². The highest BCUT2D eigenvalue weighted by Gasteiger charge is 2.17.